The minimum Gasteiger partial charge on any atom is -0.379 e. The number of aldehydes is 1. The van der Waals surface area contributed by atoms with Gasteiger partial charge in [-0.25, -0.2) is 4.99 Å². The number of nitrogens with zero attached hydrogens (tertiary/aromatic N) is 3. The number of carbonyl (C=O) groups is 2. The molecule has 4 N–H and O–H groups in total. The summed E-state index contributed by atoms with van der Waals surface area (Å²) < 4.78 is 0. The Kier molecular flexibility index (Phi) is 3.65. The number of anilines is 1. The van der Waals surface area contributed by atoms with Crippen LogP contribution in [0.3, 0.4) is 0 Å². The molecule has 22 heavy (non-hydrogen) atoms. The zero-order valence-electron chi connectivity index (χ0n) is 11.6. The summed E-state index contributed by atoms with van der Waals surface area (Å²) in [5.74, 6) is -0.238. The van der Waals surface area contributed by atoms with Gasteiger partial charge in [-0.2, -0.15) is 0 Å². The lowest BCUT2D eigenvalue weighted by Crippen LogP contribution is -2.52. The van der Waals surface area contributed by atoms with Crippen LogP contribution < -0.4 is 16.4 Å². The highest BCUT2D eigenvalue weighted by molar-refractivity contribution is 6.33. The highest BCUT2D eigenvalue weighted by Gasteiger charge is 2.33. The lowest BCUT2D eigenvalue weighted by atomic mass is 10.1. The Balaban J connectivity index is 1.66. The Morgan fingerprint density at radius 3 is 2.77 bits per heavy atom. The third-order valence-electron chi connectivity index (χ3n) is 3.28. The maximum atomic E-state index is 11.8. The molecule has 112 valence electrons. The van der Waals surface area contributed by atoms with Gasteiger partial charge in [0.15, 0.2) is 18.2 Å². The molecule has 2 atom stereocenters. The largest absolute Gasteiger partial charge is 0.379 e. The van der Waals surface area contributed by atoms with Crippen molar-refractivity contribution in [3.05, 3.63) is 29.8 Å². The van der Waals surface area contributed by atoms with Gasteiger partial charge in [-0.3, -0.25) is 24.9 Å². The quantitative estimate of drug-likeness (QED) is 0.653. The fourth-order valence-corrected chi connectivity index (χ4v) is 2.16. The van der Waals surface area contributed by atoms with E-state index in [1.54, 1.807) is 30.5 Å². The van der Waals surface area contributed by atoms with Crippen LogP contribution in [0.5, 0.6) is 0 Å². The van der Waals surface area contributed by atoms with Gasteiger partial charge < -0.3 is 11.1 Å². The van der Waals surface area contributed by atoms with Crippen LogP contribution in [0, 0.1) is 0 Å². The van der Waals surface area contributed by atoms with E-state index in [-0.39, 0.29) is 11.9 Å². The molecule has 2 aliphatic rings. The number of hydrogen-bond acceptors (Lipinski definition) is 7. The highest BCUT2D eigenvalue weighted by Crippen LogP contribution is 2.14. The molecule has 2 unspecified atom stereocenters. The van der Waals surface area contributed by atoms with E-state index in [9.17, 15) is 9.59 Å². The van der Waals surface area contributed by atoms with Gasteiger partial charge in [0.2, 0.25) is 0 Å². The molecule has 0 bridgehead atoms. The van der Waals surface area contributed by atoms with Crippen molar-refractivity contribution in [2.45, 2.75) is 12.2 Å². The Bertz CT molecular complexity index is 692. The van der Waals surface area contributed by atoms with E-state index in [0.29, 0.717) is 17.8 Å². The van der Waals surface area contributed by atoms with Crippen LogP contribution in [-0.2, 0) is 4.79 Å². The minimum atomic E-state index is -0.675. The van der Waals surface area contributed by atoms with Crippen molar-refractivity contribution in [1.29, 1.82) is 0 Å². The number of aliphatic imine (C=N–C) groups is 3. The lowest BCUT2D eigenvalue weighted by Gasteiger charge is -2.25. The molecule has 0 aliphatic carbocycles. The number of nitrogens with two attached hydrogens (primary N) is 1. The molecule has 0 saturated heterocycles. The fourth-order valence-electron chi connectivity index (χ4n) is 2.16. The molecule has 1 aromatic rings. The zero-order chi connectivity index (χ0) is 15.5. The van der Waals surface area contributed by atoms with Gasteiger partial charge in [-0.05, 0) is 24.3 Å². The summed E-state index contributed by atoms with van der Waals surface area (Å²) in [6.07, 6.45) is 1.79. The first kappa shape index (κ1) is 13.9. The van der Waals surface area contributed by atoms with Gasteiger partial charge in [0.1, 0.15) is 6.29 Å². The Morgan fingerprint density at radius 1 is 1.27 bits per heavy atom. The van der Waals surface area contributed by atoms with Crippen molar-refractivity contribution in [1.82, 2.24) is 5.32 Å². The molecular formula is C14H14N6O2. The van der Waals surface area contributed by atoms with E-state index >= 15 is 0 Å². The van der Waals surface area contributed by atoms with Gasteiger partial charge in [-0.1, -0.05) is 0 Å². The molecule has 0 saturated carbocycles. The van der Waals surface area contributed by atoms with Gasteiger partial charge in [-0.15, -0.1) is 0 Å². The van der Waals surface area contributed by atoms with E-state index < -0.39 is 12.2 Å². The molecule has 2 heterocycles. The topological polar surface area (TPSA) is 121 Å². The lowest BCUT2D eigenvalue weighted by molar-refractivity contribution is -0.121. The Morgan fingerprint density at radius 2 is 2.05 bits per heavy atom. The number of fused-ring (bicyclic) bond motifs is 1. The molecule has 0 radical (unpaired) electrons. The summed E-state index contributed by atoms with van der Waals surface area (Å²) in [5, 5.41) is 5.59. The molecule has 0 fully saturated rings. The number of nitrogens with one attached hydrogen (secondary N) is 2. The number of guanidine groups is 1. The SMILES string of the molecule is NC1=NC2N=CC(CNc3ccc(C=O)cc3)=NC2C(=O)N1. The molecule has 2 aliphatic heterocycles. The number of rotatable bonds is 4. The molecule has 0 spiro atoms. The van der Waals surface area contributed by atoms with Gasteiger partial charge >= 0.3 is 0 Å². The van der Waals surface area contributed by atoms with Gasteiger partial charge in [0, 0.05) is 17.5 Å². The van der Waals surface area contributed by atoms with E-state index in [1.807, 2.05) is 0 Å². The molecule has 8 heteroatoms. The van der Waals surface area contributed by atoms with Crippen molar-refractivity contribution >= 4 is 35.8 Å². The first-order valence-corrected chi connectivity index (χ1v) is 6.69. The highest BCUT2D eigenvalue weighted by atomic mass is 16.2. The van der Waals surface area contributed by atoms with Gasteiger partial charge in [0.25, 0.3) is 5.91 Å². The molecule has 0 aromatic heterocycles. The smallest absolute Gasteiger partial charge is 0.255 e. The average Bonchev–Trinajstić information content (AvgIpc) is 2.53. The second-order valence-electron chi connectivity index (χ2n) is 4.85. The monoisotopic (exact) mass is 298 g/mol. The summed E-state index contributed by atoms with van der Waals surface area (Å²) in [4.78, 5) is 35.0. The summed E-state index contributed by atoms with van der Waals surface area (Å²) in [7, 11) is 0. The van der Waals surface area contributed by atoms with Crippen LogP contribution >= 0.6 is 0 Å². The van der Waals surface area contributed by atoms with Crippen molar-refractivity contribution in [2.75, 3.05) is 11.9 Å². The number of amides is 1. The first-order valence-electron chi connectivity index (χ1n) is 6.69. The molecule has 1 aromatic carbocycles. The maximum Gasteiger partial charge on any atom is 0.255 e. The van der Waals surface area contributed by atoms with Crippen molar-refractivity contribution in [3.8, 4) is 0 Å². The van der Waals surface area contributed by atoms with Gasteiger partial charge in [0.05, 0.1) is 12.3 Å². The number of hydrogen-bond donors (Lipinski definition) is 3. The Labute approximate surface area is 126 Å². The maximum absolute atomic E-state index is 11.8. The first-order chi connectivity index (χ1) is 10.7. The summed E-state index contributed by atoms with van der Waals surface area (Å²) in [5.41, 5.74) is 7.59. The summed E-state index contributed by atoms with van der Waals surface area (Å²) in [6, 6.07) is 6.35. The standard InChI is InChI=1S/C14H14N6O2/c15-14-19-12-11(13(22)20-14)18-10(6-17-12)5-16-9-3-1-8(7-21)2-4-9/h1-4,6-7,11-12,16H,5H2,(H3,15,19,20,22). The molecule has 3 rings (SSSR count). The average molecular weight is 298 g/mol. The molecule has 1 amide bonds. The second kappa shape index (κ2) is 5.76. The Hall–Kier alpha value is -3.03. The summed E-state index contributed by atoms with van der Waals surface area (Å²) >= 11 is 0. The van der Waals surface area contributed by atoms with Crippen LogP contribution in [0.15, 0.2) is 39.2 Å². The van der Waals surface area contributed by atoms with Crippen molar-refractivity contribution in [2.24, 2.45) is 20.7 Å². The molecule has 8 nitrogen and oxygen atoms in total. The third kappa shape index (κ3) is 2.85. The fraction of sp³-hybridized carbons (Fsp3) is 0.214. The van der Waals surface area contributed by atoms with E-state index in [4.69, 9.17) is 5.73 Å². The zero-order valence-corrected chi connectivity index (χ0v) is 11.6. The van der Waals surface area contributed by atoms with Crippen LogP contribution in [0.25, 0.3) is 0 Å². The van der Waals surface area contributed by atoms with E-state index in [2.05, 4.69) is 25.6 Å². The minimum absolute atomic E-state index is 0.0652. The van der Waals surface area contributed by atoms with Crippen LogP contribution in [-0.4, -0.2) is 48.8 Å². The number of benzene rings is 1. The predicted molar refractivity (Wildman–Crippen MR) is 83.6 cm³/mol. The van der Waals surface area contributed by atoms with Crippen molar-refractivity contribution in [3.63, 3.8) is 0 Å². The van der Waals surface area contributed by atoms with E-state index in [0.717, 1.165) is 12.0 Å². The number of carbonyl (C=O) groups excluding carboxylic acids is 2. The second-order valence-corrected chi connectivity index (χ2v) is 4.85. The van der Waals surface area contributed by atoms with Crippen LogP contribution in [0.4, 0.5) is 5.69 Å². The van der Waals surface area contributed by atoms with Crippen LogP contribution in [0.1, 0.15) is 10.4 Å². The van der Waals surface area contributed by atoms with E-state index in [1.165, 1.54) is 0 Å². The third-order valence-corrected chi connectivity index (χ3v) is 3.28. The molecular weight excluding hydrogens is 284 g/mol. The predicted octanol–water partition coefficient (Wildman–Crippen LogP) is -0.424. The van der Waals surface area contributed by atoms with Crippen LogP contribution in [0.2, 0.25) is 0 Å². The summed E-state index contributed by atoms with van der Waals surface area (Å²) in [6.45, 7) is 0.416. The normalized spacial score (nSPS) is 23.0. The van der Waals surface area contributed by atoms with Crippen molar-refractivity contribution < 1.29 is 9.59 Å².